The summed E-state index contributed by atoms with van der Waals surface area (Å²) < 4.78 is 5.06. The molecule has 1 atom stereocenters. The van der Waals surface area contributed by atoms with Gasteiger partial charge in [-0.2, -0.15) is 5.10 Å². The van der Waals surface area contributed by atoms with E-state index in [-0.39, 0.29) is 29.0 Å². The number of nitrogens with one attached hydrogen (secondary N) is 1. The summed E-state index contributed by atoms with van der Waals surface area (Å²) in [5.74, 6) is -0.859. The molecular formula is C17H19N3O4. The Morgan fingerprint density at radius 1 is 1.33 bits per heavy atom. The summed E-state index contributed by atoms with van der Waals surface area (Å²) in [5.41, 5.74) is -0.125. The van der Waals surface area contributed by atoms with E-state index in [0.717, 1.165) is 6.42 Å². The number of carbonyl (C=O) groups excluding carboxylic acids is 2. The molecule has 0 aliphatic carbocycles. The molecule has 1 unspecified atom stereocenters. The lowest BCUT2D eigenvalue weighted by molar-refractivity contribution is -0.149. The number of hydrogen-bond donors (Lipinski definition) is 1. The Morgan fingerprint density at radius 2 is 2.08 bits per heavy atom. The van der Waals surface area contributed by atoms with E-state index in [1.54, 1.807) is 36.1 Å². The number of ether oxygens (including phenoxy) is 1. The molecule has 1 aromatic heterocycles. The largest absolute Gasteiger partial charge is 0.466 e. The van der Waals surface area contributed by atoms with Crippen molar-refractivity contribution in [1.82, 2.24) is 15.1 Å². The van der Waals surface area contributed by atoms with Crippen LogP contribution in [-0.2, 0) is 9.53 Å². The Kier molecular flexibility index (Phi) is 4.59. The standard InChI is InChI=1S/C17H19N3O4/c1-2-24-17(23)11-6-5-9-20(10-11)16(22)14-12-7-3-4-8-13(12)15(21)19-18-14/h3-4,7-8,11H,2,5-6,9-10H2,1H3,(H,19,21). The van der Waals surface area contributed by atoms with Crippen molar-refractivity contribution in [3.8, 4) is 0 Å². The number of benzene rings is 1. The molecular weight excluding hydrogens is 310 g/mol. The van der Waals surface area contributed by atoms with Crippen molar-refractivity contribution >= 4 is 22.6 Å². The predicted octanol–water partition coefficient (Wildman–Crippen LogP) is 1.34. The first kappa shape index (κ1) is 16.2. The number of aromatic nitrogens is 2. The number of hydrogen-bond acceptors (Lipinski definition) is 5. The van der Waals surface area contributed by atoms with E-state index < -0.39 is 0 Å². The number of piperidine rings is 1. The second-order valence-corrected chi connectivity index (χ2v) is 5.79. The Balaban J connectivity index is 1.88. The average molecular weight is 329 g/mol. The zero-order chi connectivity index (χ0) is 17.1. The molecule has 1 N–H and O–H groups in total. The number of rotatable bonds is 3. The molecule has 2 heterocycles. The van der Waals surface area contributed by atoms with Crippen LogP contribution >= 0.6 is 0 Å². The molecule has 0 bridgehead atoms. The Hall–Kier alpha value is -2.70. The quantitative estimate of drug-likeness (QED) is 0.858. The van der Waals surface area contributed by atoms with Gasteiger partial charge in [-0.05, 0) is 25.8 Å². The van der Waals surface area contributed by atoms with Gasteiger partial charge >= 0.3 is 5.97 Å². The van der Waals surface area contributed by atoms with Gasteiger partial charge in [0.1, 0.15) is 0 Å². The minimum absolute atomic E-state index is 0.203. The third kappa shape index (κ3) is 3.02. The fraction of sp³-hybridized carbons (Fsp3) is 0.412. The second kappa shape index (κ2) is 6.82. The van der Waals surface area contributed by atoms with Crippen LogP contribution in [0.4, 0.5) is 0 Å². The van der Waals surface area contributed by atoms with Crippen molar-refractivity contribution in [3.05, 3.63) is 40.3 Å². The van der Waals surface area contributed by atoms with Crippen LogP contribution in [0.25, 0.3) is 10.8 Å². The van der Waals surface area contributed by atoms with Crippen molar-refractivity contribution in [1.29, 1.82) is 0 Å². The van der Waals surface area contributed by atoms with Crippen LogP contribution in [0.5, 0.6) is 0 Å². The van der Waals surface area contributed by atoms with Gasteiger partial charge in [-0.25, -0.2) is 5.10 Å². The summed E-state index contributed by atoms with van der Waals surface area (Å²) in [5, 5.41) is 7.26. The highest BCUT2D eigenvalue weighted by Crippen LogP contribution is 2.21. The van der Waals surface area contributed by atoms with E-state index in [1.807, 2.05) is 0 Å². The highest BCUT2D eigenvalue weighted by molar-refractivity contribution is 6.04. The number of fused-ring (bicyclic) bond motifs is 1. The fourth-order valence-electron chi connectivity index (χ4n) is 3.04. The van der Waals surface area contributed by atoms with Crippen LogP contribution in [-0.4, -0.2) is 46.7 Å². The van der Waals surface area contributed by atoms with Gasteiger partial charge in [0.05, 0.1) is 17.9 Å². The maximum absolute atomic E-state index is 12.8. The number of amides is 1. The van der Waals surface area contributed by atoms with Gasteiger partial charge in [0.2, 0.25) is 0 Å². The molecule has 0 spiro atoms. The van der Waals surface area contributed by atoms with Crippen LogP contribution in [0.3, 0.4) is 0 Å². The lowest BCUT2D eigenvalue weighted by Gasteiger charge is -2.31. The highest BCUT2D eigenvalue weighted by atomic mass is 16.5. The van der Waals surface area contributed by atoms with Crippen LogP contribution in [0, 0.1) is 5.92 Å². The van der Waals surface area contributed by atoms with Gasteiger partial charge in [0.15, 0.2) is 5.69 Å². The Morgan fingerprint density at radius 3 is 2.83 bits per heavy atom. The molecule has 7 nitrogen and oxygen atoms in total. The molecule has 7 heteroatoms. The summed E-state index contributed by atoms with van der Waals surface area (Å²) in [7, 11) is 0. The first-order chi connectivity index (χ1) is 11.6. The van der Waals surface area contributed by atoms with E-state index in [1.165, 1.54) is 0 Å². The smallest absolute Gasteiger partial charge is 0.310 e. The van der Waals surface area contributed by atoms with E-state index in [0.29, 0.717) is 36.9 Å². The Labute approximate surface area is 138 Å². The van der Waals surface area contributed by atoms with E-state index in [2.05, 4.69) is 10.2 Å². The van der Waals surface area contributed by atoms with Crippen molar-refractivity contribution in [2.45, 2.75) is 19.8 Å². The lowest BCUT2D eigenvalue weighted by atomic mass is 9.97. The third-order valence-corrected chi connectivity index (χ3v) is 4.23. The fourth-order valence-corrected chi connectivity index (χ4v) is 3.04. The van der Waals surface area contributed by atoms with Crippen LogP contribution in [0.15, 0.2) is 29.1 Å². The average Bonchev–Trinajstić information content (AvgIpc) is 2.62. The zero-order valence-electron chi connectivity index (χ0n) is 13.4. The van der Waals surface area contributed by atoms with E-state index >= 15 is 0 Å². The molecule has 2 aromatic rings. The van der Waals surface area contributed by atoms with E-state index in [9.17, 15) is 14.4 Å². The number of nitrogens with zero attached hydrogens (tertiary/aromatic N) is 2. The molecule has 1 aliphatic rings. The molecule has 24 heavy (non-hydrogen) atoms. The number of aromatic amines is 1. The van der Waals surface area contributed by atoms with Gasteiger partial charge in [-0.1, -0.05) is 18.2 Å². The minimum atomic E-state index is -0.329. The number of likely N-dealkylation sites (tertiary alicyclic amines) is 1. The molecule has 0 radical (unpaired) electrons. The lowest BCUT2D eigenvalue weighted by Crippen LogP contribution is -2.43. The topological polar surface area (TPSA) is 92.4 Å². The van der Waals surface area contributed by atoms with Crippen LogP contribution < -0.4 is 5.56 Å². The molecule has 126 valence electrons. The minimum Gasteiger partial charge on any atom is -0.466 e. The SMILES string of the molecule is CCOC(=O)C1CCCN(C(=O)c2n[nH]c(=O)c3ccccc23)C1. The maximum Gasteiger partial charge on any atom is 0.310 e. The highest BCUT2D eigenvalue weighted by Gasteiger charge is 2.31. The molecule has 1 amide bonds. The number of esters is 1. The summed E-state index contributed by atoms with van der Waals surface area (Å²) >= 11 is 0. The molecule has 1 aliphatic heterocycles. The first-order valence-electron chi connectivity index (χ1n) is 8.05. The van der Waals surface area contributed by atoms with Gasteiger partial charge in [-0.15, -0.1) is 0 Å². The number of carbonyl (C=O) groups is 2. The van der Waals surface area contributed by atoms with Crippen LogP contribution in [0.1, 0.15) is 30.3 Å². The van der Waals surface area contributed by atoms with Crippen LogP contribution in [0.2, 0.25) is 0 Å². The van der Waals surface area contributed by atoms with Gasteiger partial charge in [0, 0.05) is 18.5 Å². The molecule has 3 rings (SSSR count). The summed E-state index contributed by atoms with van der Waals surface area (Å²) in [6.07, 6.45) is 1.44. The van der Waals surface area contributed by atoms with E-state index in [4.69, 9.17) is 4.74 Å². The van der Waals surface area contributed by atoms with Crippen molar-refractivity contribution in [3.63, 3.8) is 0 Å². The molecule has 1 fully saturated rings. The van der Waals surface area contributed by atoms with Crippen molar-refractivity contribution in [2.24, 2.45) is 5.92 Å². The predicted molar refractivity (Wildman–Crippen MR) is 87.6 cm³/mol. The second-order valence-electron chi connectivity index (χ2n) is 5.79. The summed E-state index contributed by atoms with van der Waals surface area (Å²) in [4.78, 5) is 38.2. The molecule has 1 aromatic carbocycles. The zero-order valence-corrected chi connectivity index (χ0v) is 13.4. The monoisotopic (exact) mass is 329 g/mol. The molecule has 0 saturated carbocycles. The summed E-state index contributed by atoms with van der Waals surface area (Å²) in [6.45, 7) is 2.96. The summed E-state index contributed by atoms with van der Waals surface area (Å²) in [6, 6.07) is 6.86. The Bertz CT molecular complexity index is 830. The number of H-pyrrole nitrogens is 1. The van der Waals surface area contributed by atoms with Gasteiger partial charge in [-0.3, -0.25) is 14.4 Å². The first-order valence-corrected chi connectivity index (χ1v) is 8.05. The van der Waals surface area contributed by atoms with Gasteiger partial charge in [0.25, 0.3) is 11.5 Å². The van der Waals surface area contributed by atoms with Crippen molar-refractivity contribution < 1.29 is 14.3 Å². The third-order valence-electron chi connectivity index (χ3n) is 4.23. The maximum atomic E-state index is 12.8. The van der Waals surface area contributed by atoms with Crippen molar-refractivity contribution in [2.75, 3.05) is 19.7 Å². The van der Waals surface area contributed by atoms with Gasteiger partial charge < -0.3 is 9.64 Å². The molecule has 1 saturated heterocycles. The normalized spacial score (nSPS) is 17.7.